The van der Waals surface area contributed by atoms with Crippen molar-refractivity contribution in [1.82, 2.24) is 0 Å². The summed E-state index contributed by atoms with van der Waals surface area (Å²) < 4.78 is 2.30. The van der Waals surface area contributed by atoms with Crippen molar-refractivity contribution in [3.8, 4) is 0 Å². The number of hydrogen-bond acceptors (Lipinski definition) is 5. The van der Waals surface area contributed by atoms with E-state index in [9.17, 15) is 9.59 Å². The van der Waals surface area contributed by atoms with E-state index >= 15 is 0 Å². The zero-order chi connectivity index (χ0) is 18.4. The van der Waals surface area contributed by atoms with Crippen LogP contribution in [0.2, 0.25) is 0 Å². The van der Waals surface area contributed by atoms with Gasteiger partial charge in [0.05, 0.1) is 8.47 Å². The fourth-order valence-corrected chi connectivity index (χ4v) is 9.77. The highest BCUT2D eigenvalue weighted by molar-refractivity contribution is 8.86. The summed E-state index contributed by atoms with van der Waals surface area (Å²) in [5.41, 5.74) is 7.12. The van der Waals surface area contributed by atoms with Gasteiger partial charge < -0.3 is 0 Å². The Morgan fingerprint density at radius 1 is 0.481 bits per heavy atom. The van der Waals surface area contributed by atoms with Crippen LogP contribution in [0, 0.1) is 0 Å². The monoisotopic (exact) mass is 416 g/mol. The molecule has 5 aliphatic rings. The van der Waals surface area contributed by atoms with E-state index in [1.54, 1.807) is 33.3 Å². The quantitative estimate of drug-likeness (QED) is 0.313. The molecule has 27 heavy (non-hydrogen) atoms. The van der Waals surface area contributed by atoms with Crippen molar-refractivity contribution in [3.05, 3.63) is 41.9 Å². The van der Waals surface area contributed by atoms with Crippen LogP contribution in [0.15, 0.2) is 41.9 Å². The Kier molecular flexibility index (Phi) is 5.20. The van der Waals surface area contributed by atoms with E-state index in [0.29, 0.717) is 11.6 Å². The van der Waals surface area contributed by atoms with Gasteiger partial charge >= 0.3 is 0 Å². The normalized spacial score (nSPS) is 32.1. The van der Waals surface area contributed by atoms with Crippen LogP contribution in [-0.2, 0) is 9.59 Å². The Morgan fingerprint density at radius 2 is 0.852 bits per heavy atom. The van der Waals surface area contributed by atoms with Crippen LogP contribution in [0.3, 0.4) is 0 Å². The molecule has 0 spiro atoms. The lowest BCUT2D eigenvalue weighted by Gasteiger charge is -2.03. The fourth-order valence-electron chi connectivity index (χ4n) is 5.01. The van der Waals surface area contributed by atoms with Crippen molar-refractivity contribution in [2.45, 2.75) is 77.0 Å². The molecular weight excluding hydrogens is 392 g/mol. The molecule has 0 amide bonds. The molecule has 0 bridgehead atoms. The Bertz CT molecular complexity index is 771. The van der Waals surface area contributed by atoms with Gasteiger partial charge in [0.25, 0.3) is 0 Å². The highest BCUT2D eigenvalue weighted by Crippen LogP contribution is 2.61. The molecule has 4 saturated carbocycles. The van der Waals surface area contributed by atoms with Crippen LogP contribution in [0.1, 0.15) is 77.0 Å². The van der Waals surface area contributed by atoms with Crippen molar-refractivity contribution >= 4 is 44.9 Å². The number of carbonyl (C=O) groups excluding carboxylic acids is 2. The molecule has 5 fully saturated rings. The summed E-state index contributed by atoms with van der Waals surface area (Å²) in [5.74, 6) is 0.612. The summed E-state index contributed by atoms with van der Waals surface area (Å²) in [6, 6.07) is 0. The summed E-state index contributed by atoms with van der Waals surface area (Å²) >= 11 is 1.70. The van der Waals surface area contributed by atoms with Crippen LogP contribution >= 0.6 is 33.3 Å². The molecule has 0 radical (unpaired) electrons. The minimum atomic E-state index is 0.306. The zero-order valence-electron chi connectivity index (χ0n) is 15.5. The number of rotatable bonds is 0. The van der Waals surface area contributed by atoms with E-state index < -0.39 is 0 Å². The van der Waals surface area contributed by atoms with Crippen molar-refractivity contribution in [3.63, 3.8) is 0 Å². The maximum absolute atomic E-state index is 13.0. The Balaban J connectivity index is 1.39. The highest BCUT2D eigenvalue weighted by atomic mass is 33.1. The van der Waals surface area contributed by atoms with Crippen molar-refractivity contribution in [2.24, 2.45) is 0 Å². The van der Waals surface area contributed by atoms with Crippen molar-refractivity contribution in [1.29, 1.82) is 0 Å². The Labute approximate surface area is 173 Å². The SMILES string of the molecule is O=C1C(=C2CCCC2)CCC1=C1SSC(=C2CCC(=C3CCCC3)C2=O)S1. The van der Waals surface area contributed by atoms with Gasteiger partial charge in [0, 0.05) is 11.1 Å². The molecule has 5 heteroatoms. The average Bonchev–Trinajstić information content (AvgIpc) is 3.46. The maximum Gasteiger partial charge on any atom is 0.186 e. The maximum atomic E-state index is 13.0. The number of ketones is 2. The van der Waals surface area contributed by atoms with Crippen LogP contribution in [0.4, 0.5) is 0 Å². The van der Waals surface area contributed by atoms with Crippen LogP contribution in [0.25, 0.3) is 0 Å². The second-order valence-corrected chi connectivity index (χ2v) is 11.7. The molecule has 0 atom stereocenters. The van der Waals surface area contributed by atoms with Gasteiger partial charge in [0.1, 0.15) is 0 Å². The van der Waals surface area contributed by atoms with Gasteiger partial charge in [0.15, 0.2) is 11.6 Å². The number of Topliss-reactive ketones (excluding diaryl/α,β-unsaturated/α-hetero) is 2. The van der Waals surface area contributed by atoms with E-state index in [0.717, 1.165) is 82.1 Å². The van der Waals surface area contributed by atoms with Gasteiger partial charge in [-0.05, 0) is 110 Å². The lowest BCUT2D eigenvalue weighted by Crippen LogP contribution is -2.00. The molecule has 0 N–H and O–H groups in total. The number of carbonyl (C=O) groups is 2. The van der Waals surface area contributed by atoms with Crippen molar-refractivity contribution in [2.75, 3.05) is 0 Å². The van der Waals surface area contributed by atoms with E-state index in [2.05, 4.69) is 0 Å². The minimum absolute atomic E-state index is 0.306. The molecular formula is C22H24O2S3. The first kappa shape index (κ1) is 18.4. The van der Waals surface area contributed by atoms with Crippen LogP contribution < -0.4 is 0 Å². The number of thioether (sulfide) groups is 1. The molecule has 4 aliphatic carbocycles. The van der Waals surface area contributed by atoms with Gasteiger partial charge in [-0.1, -0.05) is 22.9 Å². The summed E-state index contributed by atoms with van der Waals surface area (Å²) in [6.45, 7) is 0. The van der Waals surface area contributed by atoms with E-state index in [-0.39, 0.29) is 0 Å². The molecule has 0 aromatic rings. The summed E-state index contributed by atoms with van der Waals surface area (Å²) in [6.07, 6.45) is 13.1. The van der Waals surface area contributed by atoms with Crippen molar-refractivity contribution < 1.29 is 9.59 Å². The molecule has 0 unspecified atom stereocenters. The van der Waals surface area contributed by atoms with Crippen LogP contribution in [0.5, 0.6) is 0 Å². The average molecular weight is 417 g/mol. The summed E-state index contributed by atoms with van der Waals surface area (Å²) in [7, 11) is 3.42. The number of hydrogen-bond donors (Lipinski definition) is 0. The standard InChI is InChI=1S/C22H24O2S3/c23-19-15(13-5-1-2-6-13)9-11-17(19)21-25-22(27-26-21)18-12-10-16(20(18)24)14-7-3-4-8-14/h1-12H2. The molecule has 1 aliphatic heterocycles. The van der Waals surface area contributed by atoms with Gasteiger partial charge in [0.2, 0.25) is 0 Å². The Hall–Kier alpha value is -0.650. The van der Waals surface area contributed by atoms with Gasteiger partial charge in [-0.2, -0.15) is 0 Å². The van der Waals surface area contributed by atoms with Gasteiger partial charge in [-0.3, -0.25) is 9.59 Å². The zero-order valence-corrected chi connectivity index (χ0v) is 18.0. The minimum Gasteiger partial charge on any atom is -0.289 e. The molecule has 5 rings (SSSR count). The molecule has 2 nitrogen and oxygen atoms in total. The second-order valence-electron chi connectivity index (χ2n) is 8.04. The predicted octanol–water partition coefficient (Wildman–Crippen LogP) is 7.00. The molecule has 0 aromatic heterocycles. The Morgan fingerprint density at radius 3 is 1.26 bits per heavy atom. The molecule has 1 saturated heterocycles. The first-order valence-electron chi connectivity index (χ1n) is 10.2. The number of allylic oxidation sites excluding steroid dienone is 6. The van der Waals surface area contributed by atoms with E-state index in [1.165, 1.54) is 36.8 Å². The predicted molar refractivity (Wildman–Crippen MR) is 116 cm³/mol. The lowest BCUT2D eigenvalue weighted by atomic mass is 10.0. The molecule has 1 heterocycles. The highest BCUT2D eigenvalue weighted by Gasteiger charge is 2.36. The van der Waals surface area contributed by atoms with Crippen LogP contribution in [-0.4, -0.2) is 11.6 Å². The summed E-state index contributed by atoms with van der Waals surface area (Å²) in [4.78, 5) is 25.9. The molecule has 0 aromatic carbocycles. The largest absolute Gasteiger partial charge is 0.289 e. The smallest absolute Gasteiger partial charge is 0.186 e. The van der Waals surface area contributed by atoms with E-state index in [4.69, 9.17) is 0 Å². The van der Waals surface area contributed by atoms with Gasteiger partial charge in [-0.15, -0.1) is 0 Å². The first-order valence-corrected chi connectivity index (χ1v) is 13.2. The molecule has 142 valence electrons. The lowest BCUT2D eigenvalue weighted by molar-refractivity contribution is -0.112. The second kappa shape index (κ2) is 7.64. The summed E-state index contributed by atoms with van der Waals surface area (Å²) in [5, 5.41) is 0. The third-order valence-electron chi connectivity index (χ3n) is 6.49. The van der Waals surface area contributed by atoms with E-state index in [1.807, 2.05) is 0 Å². The fraction of sp³-hybridized carbons (Fsp3) is 0.545. The topological polar surface area (TPSA) is 34.1 Å². The third kappa shape index (κ3) is 3.34. The van der Waals surface area contributed by atoms with Gasteiger partial charge in [-0.25, -0.2) is 0 Å². The third-order valence-corrected chi connectivity index (χ3v) is 11.1. The first-order chi connectivity index (χ1) is 13.2.